The molecule has 0 heterocycles. The average Bonchev–Trinajstić information content (AvgIpc) is 2.57. The summed E-state index contributed by atoms with van der Waals surface area (Å²) < 4.78 is 0. The van der Waals surface area contributed by atoms with E-state index in [2.05, 4.69) is 42.4 Å². The first kappa shape index (κ1) is 20.2. The fraction of sp³-hybridized carbons (Fsp3) is 0.611. The zero-order valence-corrected chi connectivity index (χ0v) is 16.6. The number of hydrogen-bond donors (Lipinski definition) is 3. The molecule has 0 fully saturated rings. The molecule has 0 saturated carbocycles. The van der Waals surface area contributed by atoms with Crippen molar-refractivity contribution < 1.29 is 5.11 Å². The fourth-order valence-corrected chi connectivity index (χ4v) is 3.08. The minimum Gasteiger partial charge on any atom is -0.396 e. The number of aliphatic hydroxyl groups is 1. The average molecular weight is 431 g/mol. The van der Waals surface area contributed by atoms with Gasteiger partial charge in [-0.1, -0.05) is 26.0 Å². The number of nitrogens with one attached hydrogen (secondary N) is 1. The molecule has 1 aromatic carbocycles. The van der Waals surface area contributed by atoms with E-state index in [0.29, 0.717) is 12.5 Å². The van der Waals surface area contributed by atoms with Crippen molar-refractivity contribution in [2.24, 2.45) is 16.1 Å². The number of aryl methyl sites for hydroxylation is 1. The van der Waals surface area contributed by atoms with E-state index in [4.69, 9.17) is 5.73 Å². The van der Waals surface area contributed by atoms with E-state index in [1.807, 2.05) is 0 Å². The quantitative estimate of drug-likeness (QED) is 0.366. The Morgan fingerprint density at radius 3 is 2.61 bits per heavy atom. The Labute approximate surface area is 157 Å². The highest BCUT2D eigenvalue weighted by atomic mass is 127. The normalized spacial score (nSPS) is 14.8. The molecule has 0 amide bonds. The molecule has 5 heteroatoms. The Morgan fingerprint density at radius 2 is 1.96 bits per heavy atom. The van der Waals surface area contributed by atoms with E-state index in [-0.39, 0.29) is 36.0 Å². The second-order valence-corrected chi connectivity index (χ2v) is 6.34. The maximum absolute atomic E-state index is 9.61. The lowest BCUT2D eigenvalue weighted by Gasteiger charge is -2.27. The molecule has 23 heavy (non-hydrogen) atoms. The minimum absolute atomic E-state index is 0. The third-order valence-electron chi connectivity index (χ3n) is 5.08. The third-order valence-corrected chi connectivity index (χ3v) is 5.08. The highest BCUT2D eigenvalue weighted by Gasteiger charge is 2.25. The number of rotatable bonds is 6. The van der Waals surface area contributed by atoms with Crippen LogP contribution in [0.4, 0.5) is 5.69 Å². The number of aliphatic hydroxyl groups excluding tert-OH is 1. The Morgan fingerprint density at radius 1 is 1.26 bits per heavy atom. The molecule has 1 aromatic rings. The van der Waals surface area contributed by atoms with Gasteiger partial charge in [-0.2, -0.15) is 0 Å². The number of halogens is 1. The number of guanidine groups is 1. The number of nitrogens with two attached hydrogens (primary N) is 1. The Bertz CT molecular complexity index is 519. The largest absolute Gasteiger partial charge is 0.396 e. The first-order valence-corrected chi connectivity index (χ1v) is 8.42. The summed E-state index contributed by atoms with van der Waals surface area (Å²) in [5, 5.41) is 12.9. The maximum Gasteiger partial charge on any atom is 0.193 e. The second-order valence-electron chi connectivity index (χ2n) is 6.34. The molecule has 0 atom stereocenters. The van der Waals surface area contributed by atoms with Crippen LogP contribution in [0.25, 0.3) is 0 Å². The zero-order valence-electron chi connectivity index (χ0n) is 14.3. The Hall–Kier alpha value is -0.820. The summed E-state index contributed by atoms with van der Waals surface area (Å²) in [7, 11) is 0. The summed E-state index contributed by atoms with van der Waals surface area (Å²) in [5.74, 6) is 0.443. The van der Waals surface area contributed by atoms with Crippen molar-refractivity contribution in [1.82, 2.24) is 0 Å². The summed E-state index contributed by atoms with van der Waals surface area (Å²) in [5.41, 5.74) is 9.81. The third kappa shape index (κ3) is 5.08. The van der Waals surface area contributed by atoms with Gasteiger partial charge in [-0.3, -0.25) is 4.99 Å². The molecule has 4 N–H and O–H groups in total. The van der Waals surface area contributed by atoms with E-state index in [0.717, 1.165) is 31.4 Å². The van der Waals surface area contributed by atoms with Crippen LogP contribution in [0.15, 0.2) is 23.2 Å². The highest BCUT2D eigenvalue weighted by Crippen LogP contribution is 2.28. The lowest BCUT2D eigenvalue weighted by Crippen LogP contribution is -2.31. The molecule has 0 unspecified atom stereocenters. The van der Waals surface area contributed by atoms with Crippen molar-refractivity contribution in [3.8, 4) is 0 Å². The van der Waals surface area contributed by atoms with Crippen LogP contribution in [0.5, 0.6) is 0 Å². The molecular formula is C18H30IN3O. The summed E-state index contributed by atoms with van der Waals surface area (Å²) >= 11 is 0. The Balaban J connectivity index is 0.00000264. The van der Waals surface area contributed by atoms with Crippen LogP contribution in [0.2, 0.25) is 0 Å². The Kier molecular flexibility index (Phi) is 8.33. The number of fused-ring (bicyclic) bond motifs is 1. The van der Waals surface area contributed by atoms with Crippen LogP contribution < -0.4 is 11.1 Å². The second kappa shape index (κ2) is 9.47. The van der Waals surface area contributed by atoms with Gasteiger partial charge < -0.3 is 16.2 Å². The molecule has 4 nitrogen and oxygen atoms in total. The van der Waals surface area contributed by atoms with E-state index in [1.54, 1.807) is 0 Å². The van der Waals surface area contributed by atoms with Gasteiger partial charge in [0.1, 0.15) is 0 Å². The van der Waals surface area contributed by atoms with E-state index in [9.17, 15) is 5.11 Å². The molecule has 0 spiro atoms. The molecule has 1 aliphatic rings. The van der Waals surface area contributed by atoms with Crippen LogP contribution in [0, 0.1) is 5.41 Å². The molecule has 0 bridgehead atoms. The van der Waals surface area contributed by atoms with Gasteiger partial charge in [-0.05, 0) is 55.7 Å². The zero-order chi connectivity index (χ0) is 16.0. The number of nitrogens with zero attached hydrogens (tertiary/aromatic N) is 1. The smallest absolute Gasteiger partial charge is 0.193 e. The molecule has 130 valence electrons. The summed E-state index contributed by atoms with van der Waals surface area (Å²) in [6.07, 6.45) is 6.57. The predicted octanol–water partition coefficient (Wildman–Crippen LogP) is 3.71. The SMILES string of the molecule is CCC(CC)(CO)CN=C(N)Nc1cccc2c1CCCC2.I. The van der Waals surface area contributed by atoms with E-state index < -0.39 is 0 Å². The van der Waals surface area contributed by atoms with Crippen molar-refractivity contribution in [2.45, 2.75) is 52.4 Å². The van der Waals surface area contributed by atoms with Gasteiger partial charge in [-0.25, -0.2) is 0 Å². The number of anilines is 1. The lowest BCUT2D eigenvalue weighted by atomic mass is 9.83. The lowest BCUT2D eigenvalue weighted by molar-refractivity contribution is 0.123. The maximum atomic E-state index is 9.61. The van der Waals surface area contributed by atoms with Crippen LogP contribution in [-0.2, 0) is 12.8 Å². The predicted molar refractivity (Wildman–Crippen MR) is 109 cm³/mol. The van der Waals surface area contributed by atoms with Crippen LogP contribution in [0.1, 0.15) is 50.7 Å². The van der Waals surface area contributed by atoms with Gasteiger partial charge in [-0.15, -0.1) is 24.0 Å². The van der Waals surface area contributed by atoms with Crippen LogP contribution in [0.3, 0.4) is 0 Å². The van der Waals surface area contributed by atoms with Gasteiger partial charge in [0.05, 0.1) is 13.2 Å². The first-order chi connectivity index (χ1) is 10.6. The molecule has 2 rings (SSSR count). The number of hydrogen-bond acceptors (Lipinski definition) is 2. The standard InChI is InChI=1S/C18H29N3O.HI/c1-3-18(4-2,13-22)12-20-17(19)21-16-11-7-9-14-8-5-6-10-15(14)16;/h7,9,11,22H,3-6,8,10,12-13H2,1-2H3,(H3,19,20,21);1H. The van der Waals surface area contributed by atoms with Crippen LogP contribution >= 0.6 is 24.0 Å². The van der Waals surface area contributed by atoms with Crippen molar-refractivity contribution in [3.63, 3.8) is 0 Å². The fourth-order valence-electron chi connectivity index (χ4n) is 3.08. The van der Waals surface area contributed by atoms with Gasteiger partial charge in [0.2, 0.25) is 0 Å². The molecule has 0 radical (unpaired) electrons. The minimum atomic E-state index is -0.150. The number of aliphatic imine (C=N–C) groups is 1. The topological polar surface area (TPSA) is 70.6 Å². The van der Waals surface area contributed by atoms with Crippen molar-refractivity contribution in [3.05, 3.63) is 29.3 Å². The van der Waals surface area contributed by atoms with E-state index >= 15 is 0 Å². The van der Waals surface area contributed by atoms with Crippen LogP contribution in [-0.4, -0.2) is 24.2 Å². The van der Waals surface area contributed by atoms with Gasteiger partial charge in [0.15, 0.2) is 5.96 Å². The molecule has 0 saturated heterocycles. The summed E-state index contributed by atoms with van der Waals surface area (Å²) in [6, 6.07) is 6.36. The van der Waals surface area contributed by atoms with Crippen molar-refractivity contribution in [1.29, 1.82) is 0 Å². The summed E-state index contributed by atoms with van der Waals surface area (Å²) in [4.78, 5) is 4.48. The molecule has 0 aliphatic heterocycles. The van der Waals surface area contributed by atoms with Gasteiger partial charge in [0, 0.05) is 11.1 Å². The molecule has 1 aliphatic carbocycles. The monoisotopic (exact) mass is 431 g/mol. The van der Waals surface area contributed by atoms with Crippen molar-refractivity contribution in [2.75, 3.05) is 18.5 Å². The van der Waals surface area contributed by atoms with Gasteiger partial charge in [0.25, 0.3) is 0 Å². The van der Waals surface area contributed by atoms with Gasteiger partial charge >= 0.3 is 0 Å². The summed E-state index contributed by atoms with van der Waals surface area (Å²) in [6.45, 7) is 4.89. The molecular weight excluding hydrogens is 401 g/mol. The first-order valence-electron chi connectivity index (χ1n) is 8.42. The van der Waals surface area contributed by atoms with E-state index in [1.165, 1.54) is 24.0 Å². The van der Waals surface area contributed by atoms with Crippen molar-refractivity contribution >= 4 is 35.6 Å². The number of benzene rings is 1. The highest BCUT2D eigenvalue weighted by molar-refractivity contribution is 14.0. The molecule has 0 aromatic heterocycles.